The van der Waals surface area contributed by atoms with Gasteiger partial charge >= 0.3 is 17.3 Å². The van der Waals surface area contributed by atoms with E-state index in [9.17, 15) is 40.2 Å². The maximum absolute atomic E-state index is 10.9. The number of benzene rings is 6. The third-order valence-electron chi connectivity index (χ3n) is 13.9. The average molecular weight is 1240 g/mol. The predicted molar refractivity (Wildman–Crippen MR) is 353 cm³/mol. The van der Waals surface area contributed by atoms with Crippen LogP contribution in [0.25, 0.3) is 87.5 Å². The van der Waals surface area contributed by atoms with Gasteiger partial charge in [-0.3, -0.25) is 65.0 Å². The van der Waals surface area contributed by atoms with Crippen molar-refractivity contribution in [2.75, 3.05) is 42.8 Å². The number of aliphatic hydroxyl groups is 2. The molecule has 14 rings (SSSR count). The molecular weight excluding hydrogens is 1180 g/mol. The van der Waals surface area contributed by atoms with E-state index in [0.717, 1.165) is 72.4 Å². The van der Waals surface area contributed by atoms with Crippen LogP contribution in [0.1, 0.15) is 16.4 Å². The van der Waals surface area contributed by atoms with Crippen molar-refractivity contribution in [1.29, 1.82) is 0 Å². The lowest BCUT2D eigenvalue weighted by molar-refractivity contribution is -0.383. The first kappa shape index (κ1) is 65.2. The van der Waals surface area contributed by atoms with Crippen molar-refractivity contribution in [3.05, 3.63) is 231 Å². The first-order chi connectivity index (χ1) is 44.4. The number of nitrogens with one attached hydrogen (secondary N) is 2. The number of carbonyl (C=O) groups excluding carboxylic acids is 1. The molecule has 0 saturated heterocycles. The van der Waals surface area contributed by atoms with Gasteiger partial charge in [-0.15, -0.1) is 0 Å². The maximum Gasteiger partial charge on any atom is 0.329 e. The number of hydrogen-bond donors (Lipinski definition) is 7. The van der Waals surface area contributed by atoms with Gasteiger partial charge in [-0.1, -0.05) is 6.07 Å². The predicted octanol–water partition coefficient (Wildman–Crippen LogP) is 10.5. The molecule has 28 heteroatoms. The number of non-ortho nitro benzene ring substituents is 1. The molecule has 6 aromatic carbocycles. The van der Waals surface area contributed by atoms with Crippen LogP contribution in [-0.2, 0) is 25.5 Å². The number of hydrogen-bond acceptors (Lipinski definition) is 22. The Hall–Kier alpha value is -12.8. The lowest BCUT2D eigenvalue weighted by Crippen LogP contribution is -1.98. The molecule has 0 aliphatic carbocycles. The van der Waals surface area contributed by atoms with Gasteiger partial charge in [-0.2, -0.15) is 0 Å². The van der Waals surface area contributed by atoms with Gasteiger partial charge in [0.25, 0.3) is 5.69 Å². The van der Waals surface area contributed by atoms with Crippen molar-refractivity contribution in [1.82, 2.24) is 49.0 Å². The summed E-state index contributed by atoms with van der Waals surface area (Å²) in [6.45, 7) is -0.826. The molecule has 0 saturated carbocycles. The number of aryl methyl sites for hydroxylation is 2. The summed E-state index contributed by atoms with van der Waals surface area (Å²) in [7, 11) is 7.25. The highest BCUT2D eigenvalue weighted by atomic mass is 16.6. The summed E-state index contributed by atoms with van der Waals surface area (Å²) < 4.78 is 3.69. The summed E-state index contributed by atoms with van der Waals surface area (Å²) in [5, 5.41) is 66.9. The topological polar surface area (TPSA) is 413 Å². The number of fused-ring (bicyclic) bond motifs is 10. The number of rotatable bonds is 8. The average Bonchev–Trinajstić information content (AvgIpc) is 1.61. The fraction of sp³-hybridized carbons (Fsp3) is 0.0938. The molecule has 0 aliphatic heterocycles. The Morgan fingerprint density at radius 3 is 1.37 bits per heavy atom. The molecule has 0 aliphatic rings. The van der Waals surface area contributed by atoms with Crippen LogP contribution in [-0.4, -0.2) is 112 Å². The smallest absolute Gasteiger partial charge is 0.329 e. The van der Waals surface area contributed by atoms with Gasteiger partial charge in [0, 0.05) is 87.6 Å². The molecule has 0 amide bonds. The number of carboxylic acid groups (broad SMARTS) is 1. The van der Waals surface area contributed by atoms with Gasteiger partial charge < -0.3 is 46.6 Å². The van der Waals surface area contributed by atoms with Crippen LogP contribution < -0.4 is 22.1 Å². The fourth-order valence-corrected chi connectivity index (χ4v) is 9.46. The Balaban J connectivity index is 0.000000140. The summed E-state index contributed by atoms with van der Waals surface area (Å²) in [6.07, 6.45) is 10.9. The Bertz CT molecular complexity index is 5020. The number of nitro benzene ring substituents is 3. The Kier molecular flexibility index (Phi) is 21.4. The third kappa shape index (κ3) is 14.8. The van der Waals surface area contributed by atoms with Gasteiger partial charge in [-0.05, 0) is 140 Å². The zero-order chi connectivity index (χ0) is 66.0. The molecule has 0 atom stereocenters. The van der Waals surface area contributed by atoms with Crippen molar-refractivity contribution in [3.63, 3.8) is 0 Å². The molecule has 0 radical (unpaired) electrons. The highest BCUT2D eigenvalue weighted by Crippen LogP contribution is 2.33. The number of pyridine rings is 6. The summed E-state index contributed by atoms with van der Waals surface area (Å²) in [6, 6.07) is 44.8. The standard InChI is InChI=1S/C12H11N3O.C12H9N3O.C10H9N3O2.C10H11N3.C9H7N3O2.C9H6N2O2.C2H4O3/c2*1-15-10-5-4-9-8(3-2-6-13-9)12(10)14-11(15)7-16;1-11-9-5-4-8-7(3-2-6-12-8)10(9)13(14)15;1-12-9-5-4-8-7(10(9)11)3-2-6-13-8;10-7-3-4-8-6(2-1-5-11-8)9(7)12(13)14;12-11(13)9-5-1-4-8-7(9)3-2-6-10-8;3-1-2(4)5/h2-6,16H,7H2,1H3;2-7H,1H3;2-6,11H,1H3;2-6,12H,11H2,1H3;1-5H,10H2;1-6H;3H,1H2,(H,4,5). The molecule has 14 aromatic rings. The van der Waals surface area contributed by atoms with Gasteiger partial charge in [0.2, 0.25) is 0 Å². The number of nitrogens with two attached hydrogens (primary N) is 2. The van der Waals surface area contributed by atoms with Crippen molar-refractivity contribution < 1.29 is 39.7 Å². The summed E-state index contributed by atoms with van der Waals surface area (Å²) >= 11 is 0. The number of nitro groups is 3. The minimum absolute atomic E-state index is 0.0487. The van der Waals surface area contributed by atoms with Crippen LogP contribution in [0, 0.1) is 30.3 Å². The van der Waals surface area contributed by atoms with E-state index in [1.807, 2.05) is 98.5 Å². The highest BCUT2D eigenvalue weighted by Gasteiger charge is 2.19. The van der Waals surface area contributed by atoms with Crippen LogP contribution >= 0.6 is 0 Å². The molecule has 8 aromatic heterocycles. The number of nitrogens with zero attached hydrogens (tertiary/aromatic N) is 13. The van der Waals surface area contributed by atoms with E-state index in [2.05, 4.69) is 50.5 Å². The molecule has 0 fully saturated rings. The van der Waals surface area contributed by atoms with E-state index in [-0.39, 0.29) is 29.4 Å². The largest absolute Gasteiger partial charge is 0.480 e. The summed E-state index contributed by atoms with van der Waals surface area (Å²) in [5.74, 6) is -0.0808. The summed E-state index contributed by atoms with van der Waals surface area (Å²) in [4.78, 5) is 84.5. The minimum atomic E-state index is -1.19. The Morgan fingerprint density at radius 1 is 0.500 bits per heavy atom. The molecule has 0 unspecified atom stereocenters. The molecular formula is C64H57N17O11. The monoisotopic (exact) mass is 1240 g/mol. The number of imidazole rings is 2. The van der Waals surface area contributed by atoms with E-state index < -0.39 is 27.3 Å². The van der Waals surface area contributed by atoms with Gasteiger partial charge in [0.05, 0.1) is 97.5 Å². The zero-order valence-electron chi connectivity index (χ0n) is 49.5. The quantitative estimate of drug-likeness (QED) is 0.0321. The number of nitrogen functional groups attached to an aromatic ring is 2. The van der Waals surface area contributed by atoms with Crippen molar-refractivity contribution in [3.8, 4) is 0 Å². The first-order valence-electron chi connectivity index (χ1n) is 27.5. The van der Waals surface area contributed by atoms with E-state index in [1.54, 1.807) is 116 Å². The van der Waals surface area contributed by atoms with Crippen molar-refractivity contribution in [2.45, 2.75) is 6.61 Å². The van der Waals surface area contributed by atoms with Gasteiger partial charge in [-0.25, -0.2) is 14.8 Å². The zero-order valence-corrected chi connectivity index (χ0v) is 49.5. The first-order valence-corrected chi connectivity index (χ1v) is 27.5. The molecule has 8 heterocycles. The van der Waals surface area contributed by atoms with E-state index in [0.29, 0.717) is 50.0 Å². The second kappa shape index (κ2) is 30.2. The van der Waals surface area contributed by atoms with Crippen LogP contribution in [0.5, 0.6) is 0 Å². The van der Waals surface area contributed by atoms with Crippen LogP contribution in [0.4, 0.5) is 39.8 Å². The van der Waals surface area contributed by atoms with Crippen molar-refractivity contribution in [2.24, 2.45) is 14.1 Å². The number of carboxylic acids is 1. The van der Waals surface area contributed by atoms with Gasteiger partial charge in [0.1, 0.15) is 30.4 Å². The fourth-order valence-electron chi connectivity index (χ4n) is 9.46. The lowest BCUT2D eigenvalue weighted by atomic mass is 10.1. The summed E-state index contributed by atoms with van der Waals surface area (Å²) in [5.41, 5.74) is 22.2. The molecule has 0 spiro atoms. The minimum Gasteiger partial charge on any atom is -0.480 e. The Morgan fingerprint density at radius 2 is 0.902 bits per heavy atom. The number of aromatic nitrogens is 10. The van der Waals surface area contributed by atoms with Crippen molar-refractivity contribution >= 4 is 140 Å². The SMILES string of the molecule is CNc1ccc2ncccc2c1N.CNc1ccc2ncccc2c1[N+](=O)[O-].Cn1c(C=O)nc2c3cccnc3ccc21.Cn1c(CO)nc2c3cccnc3ccc21.Nc1ccc2ncccc2c1[N+](=O)[O-].O=C(O)CO.O=[N+]([O-])c1cccc2ncccc12. The number of aliphatic carboxylic acids is 1. The third-order valence-corrected chi connectivity index (χ3v) is 13.9. The Labute approximate surface area is 520 Å². The van der Waals surface area contributed by atoms with Gasteiger partial charge in [0.15, 0.2) is 12.1 Å². The van der Waals surface area contributed by atoms with E-state index >= 15 is 0 Å². The van der Waals surface area contributed by atoms with Crippen LogP contribution in [0.15, 0.2) is 189 Å². The van der Waals surface area contributed by atoms with Crippen LogP contribution in [0.3, 0.4) is 0 Å². The molecule has 28 nitrogen and oxygen atoms in total. The molecule has 92 heavy (non-hydrogen) atoms. The number of carbonyl (C=O) groups is 2. The number of aliphatic hydroxyl groups excluding tert-OH is 2. The second-order valence-corrected chi connectivity index (χ2v) is 19.3. The number of anilines is 4. The van der Waals surface area contributed by atoms with Crippen LogP contribution in [0.2, 0.25) is 0 Å². The molecule has 464 valence electrons. The highest BCUT2D eigenvalue weighted by molar-refractivity contribution is 6.05. The van der Waals surface area contributed by atoms with E-state index in [1.165, 1.54) is 12.1 Å². The normalized spacial score (nSPS) is 10.4. The molecule has 9 N–H and O–H groups in total. The number of aldehydes is 1. The second-order valence-electron chi connectivity index (χ2n) is 19.3. The lowest BCUT2D eigenvalue weighted by Gasteiger charge is -2.06. The molecule has 0 bridgehead atoms. The maximum atomic E-state index is 10.9. The van der Waals surface area contributed by atoms with E-state index in [4.69, 9.17) is 26.5 Å².